The van der Waals surface area contributed by atoms with Crippen LogP contribution in [0.5, 0.6) is 0 Å². The van der Waals surface area contributed by atoms with Gasteiger partial charge in [-0.05, 0) is 54.4 Å². The van der Waals surface area contributed by atoms with E-state index in [0.29, 0.717) is 23.0 Å². The fourth-order valence-electron chi connectivity index (χ4n) is 4.79. The SMILES string of the molecule is CC1=C2[C@@H](CC1=O)[C@@H](C)[C@@H]1CCC(C)(C)[C@H]21. The van der Waals surface area contributed by atoms with Crippen LogP contribution in [0.3, 0.4) is 0 Å². The van der Waals surface area contributed by atoms with Crippen molar-refractivity contribution in [2.45, 2.75) is 47.0 Å². The molecule has 0 aromatic heterocycles. The molecule has 3 rings (SSSR count). The highest BCUT2D eigenvalue weighted by Crippen LogP contribution is 2.64. The zero-order valence-electron chi connectivity index (χ0n) is 10.8. The van der Waals surface area contributed by atoms with Gasteiger partial charge in [0.15, 0.2) is 5.78 Å². The predicted molar refractivity (Wildman–Crippen MR) is 65.0 cm³/mol. The highest BCUT2D eigenvalue weighted by atomic mass is 16.1. The summed E-state index contributed by atoms with van der Waals surface area (Å²) in [7, 11) is 0. The molecule has 0 amide bonds. The maximum absolute atomic E-state index is 11.9. The van der Waals surface area contributed by atoms with Crippen LogP contribution in [0.2, 0.25) is 0 Å². The maximum atomic E-state index is 11.9. The summed E-state index contributed by atoms with van der Waals surface area (Å²) in [6.07, 6.45) is 3.52. The van der Waals surface area contributed by atoms with Gasteiger partial charge in [-0.3, -0.25) is 4.79 Å². The van der Waals surface area contributed by atoms with E-state index in [1.807, 2.05) is 0 Å². The molecule has 0 aromatic rings. The molecule has 88 valence electrons. The van der Waals surface area contributed by atoms with Crippen LogP contribution < -0.4 is 0 Å². The van der Waals surface area contributed by atoms with Crippen molar-refractivity contribution in [1.29, 1.82) is 0 Å². The molecule has 0 aromatic carbocycles. The van der Waals surface area contributed by atoms with Crippen molar-refractivity contribution in [3.05, 3.63) is 11.1 Å². The van der Waals surface area contributed by atoms with Gasteiger partial charge in [-0.15, -0.1) is 0 Å². The Bertz CT molecular complexity index is 388. The van der Waals surface area contributed by atoms with E-state index in [1.165, 1.54) is 12.8 Å². The van der Waals surface area contributed by atoms with Gasteiger partial charge in [-0.2, -0.15) is 0 Å². The fraction of sp³-hybridized carbons (Fsp3) is 0.800. The summed E-state index contributed by atoms with van der Waals surface area (Å²) >= 11 is 0. The van der Waals surface area contributed by atoms with E-state index >= 15 is 0 Å². The van der Waals surface area contributed by atoms with Crippen LogP contribution in [-0.2, 0) is 4.79 Å². The summed E-state index contributed by atoms with van der Waals surface area (Å²) in [5, 5.41) is 0. The van der Waals surface area contributed by atoms with Crippen molar-refractivity contribution in [1.82, 2.24) is 0 Å². The molecule has 4 atom stereocenters. The lowest BCUT2D eigenvalue weighted by Gasteiger charge is -2.28. The fourth-order valence-corrected chi connectivity index (χ4v) is 4.79. The minimum Gasteiger partial charge on any atom is -0.295 e. The smallest absolute Gasteiger partial charge is 0.159 e. The molecule has 0 heterocycles. The van der Waals surface area contributed by atoms with E-state index in [0.717, 1.165) is 23.8 Å². The minimum atomic E-state index is 0.424. The van der Waals surface area contributed by atoms with Gasteiger partial charge in [0.2, 0.25) is 0 Å². The second-order valence-corrected chi connectivity index (χ2v) is 6.84. The van der Waals surface area contributed by atoms with Gasteiger partial charge in [0.05, 0.1) is 0 Å². The van der Waals surface area contributed by atoms with Crippen LogP contribution in [0.4, 0.5) is 0 Å². The van der Waals surface area contributed by atoms with Crippen LogP contribution >= 0.6 is 0 Å². The molecule has 0 spiro atoms. The van der Waals surface area contributed by atoms with E-state index in [-0.39, 0.29) is 0 Å². The Morgan fingerprint density at radius 2 is 2.00 bits per heavy atom. The zero-order valence-corrected chi connectivity index (χ0v) is 10.8. The third kappa shape index (κ3) is 1.10. The quantitative estimate of drug-likeness (QED) is 0.607. The lowest BCUT2D eigenvalue weighted by Crippen LogP contribution is -2.21. The Morgan fingerprint density at radius 1 is 1.31 bits per heavy atom. The standard InChI is InChI=1S/C15H22O/c1-8-10-5-6-15(3,4)14(10)13-9(2)12(16)7-11(8)13/h8,10-11,14H,5-7H2,1-4H3/t8-,10-,11-,14-/m0/s1. The van der Waals surface area contributed by atoms with Crippen molar-refractivity contribution >= 4 is 5.78 Å². The van der Waals surface area contributed by atoms with Gasteiger partial charge in [-0.1, -0.05) is 26.3 Å². The van der Waals surface area contributed by atoms with Crippen LogP contribution in [0, 0.1) is 29.1 Å². The van der Waals surface area contributed by atoms with Crippen molar-refractivity contribution < 1.29 is 4.79 Å². The van der Waals surface area contributed by atoms with Crippen molar-refractivity contribution in [3.63, 3.8) is 0 Å². The Labute approximate surface area is 98.3 Å². The summed E-state index contributed by atoms with van der Waals surface area (Å²) in [5.74, 6) is 3.33. The lowest BCUT2D eigenvalue weighted by atomic mass is 9.76. The van der Waals surface area contributed by atoms with Crippen molar-refractivity contribution in [2.75, 3.05) is 0 Å². The van der Waals surface area contributed by atoms with Gasteiger partial charge in [0.1, 0.15) is 0 Å². The monoisotopic (exact) mass is 218 g/mol. The number of rotatable bonds is 0. The summed E-state index contributed by atoms with van der Waals surface area (Å²) in [5.41, 5.74) is 3.11. The molecule has 16 heavy (non-hydrogen) atoms. The first-order chi connectivity index (χ1) is 7.43. The second-order valence-electron chi connectivity index (χ2n) is 6.84. The molecule has 0 unspecified atom stereocenters. The summed E-state index contributed by atoms with van der Waals surface area (Å²) in [6.45, 7) is 9.25. The number of ketones is 1. The molecule has 0 saturated heterocycles. The average Bonchev–Trinajstić information content (AvgIpc) is 2.75. The topological polar surface area (TPSA) is 17.1 Å². The third-order valence-corrected chi connectivity index (χ3v) is 5.69. The molecular formula is C15H22O. The van der Waals surface area contributed by atoms with Crippen LogP contribution in [0.1, 0.15) is 47.0 Å². The minimum absolute atomic E-state index is 0.424. The highest BCUT2D eigenvalue weighted by Gasteiger charge is 2.56. The molecule has 0 N–H and O–H groups in total. The lowest BCUT2D eigenvalue weighted by molar-refractivity contribution is -0.115. The Morgan fingerprint density at radius 3 is 2.69 bits per heavy atom. The highest BCUT2D eigenvalue weighted by molar-refractivity contribution is 5.99. The molecular weight excluding hydrogens is 196 g/mol. The van der Waals surface area contributed by atoms with E-state index in [1.54, 1.807) is 5.57 Å². The first-order valence-electron chi connectivity index (χ1n) is 6.67. The van der Waals surface area contributed by atoms with Gasteiger partial charge >= 0.3 is 0 Å². The molecule has 1 nitrogen and oxygen atoms in total. The van der Waals surface area contributed by atoms with E-state index in [4.69, 9.17) is 0 Å². The first-order valence-corrected chi connectivity index (χ1v) is 6.67. The normalized spacial score (nSPS) is 45.1. The first kappa shape index (κ1) is 10.6. The molecule has 2 fully saturated rings. The molecule has 0 radical (unpaired) electrons. The Hall–Kier alpha value is -0.590. The maximum Gasteiger partial charge on any atom is 0.159 e. The van der Waals surface area contributed by atoms with E-state index < -0.39 is 0 Å². The van der Waals surface area contributed by atoms with E-state index in [2.05, 4.69) is 27.7 Å². The molecule has 2 saturated carbocycles. The number of hydrogen-bond donors (Lipinski definition) is 0. The molecule has 3 aliphatic rings. The largest absolute Gasteiger partial charge is 0.295 e. The van der Waals surface area contributed by atoms with Crippen LogP contribution in [-0.4, -0.2) is 5.78 Å². The predicted octanol–water partition coefficient (Wildman–Crippen LogP) is 3.59. The second kappa shape index (κ2) is 3.00. The molecule has 0 aliphatic heterocycles. The summed E-state index contributed by atoms with van der Waals surface area (Å²) in [4.78, 5) is 11.9. The number of carbonyl (C=O) groups is 1. The number of hydrogen-bond acceptors (Lipinski definition) is 1. The van der Waals surface area contributed by atoms with Gasteiger partial charge < -0.3 is 0 Å². The summed E-state index contributed by atoms with van der Waals surface area (Å²) < 4.78 is 0. The van der Waals surface area contributed by atoms with Crippen molar-refractivity contribution in [2.24, 2.45) is 29.1 Å². The number of allylic oxidation sites excluding steroid dienone is 2. The van der Waals surface area contributed by atoms with Gasteiger partial charge in [0, 0.05) is 6.42 Å². The molecule has 0 bridgehead atoms. The van der Waals surface area contributed by atoms with Crippen molar-refractivity contribution in [3.8, 4) is 0 Å². The van der Waals surface area contributed by atoms with Crippen LogP contribution in [0.25, 0.3) is 0 Å². The Balaban J connectivity index is 2.11. The Kier molecular flexibility index (Phi) is 1.98. The van der Waals surface area contributed by atoms with Gasteiger partial charge in [0.25, 0.3) is 0 Å². The number of Topliss-reactive ketones (excluding diaryl/α,β-unsaturated/α-hetero) is 1. The number of fused-ring (bicyclic) bond motifs is 3. The molecule has 1 heteroatoms. The van der Waals surface area contributed by atoms with E-state index in [9.17, 15) is 4.79 Å². The summed E-state index contributed by atoms with van der Waals surface area (Å²) in [6, 6.07) is 0. The third-order valence-electron chi connectivity index (χ3n) is 5.69. The zero-order chi connectivity index (χ0) is 11.7. The van der Waals surface area contributed by atoms with Crippen LogP contribution in [0.15, 0.2) is 11.1 Å². The van der Waals surface area contributed by atoms with Gasteiger partial charge in [-0.25, -0.2) is 0 Å². The molecule has 3 aliphatic carbocycles. The number of carbonyl (C=O) groups excluding carboxylic acids is 1. The average molecular weight is 218 g/mol.